The molecule has 2 rings (SSSR count). The number of ketones is 1. The van der Waals surface area contributed by atoms with Gasteiger partial charge in [0.2, 0.25) is 6.54 Å². The Labute approximate surface area is 123 Å². The van der Waals surface area contributed by atoms with Gasteiger partial charge in [-0.25, -0.2) is 4.98 Å². The number of hydrogen-bond donors (Lipinski definition) is 0. The Hall–Kier alpha value is -1.41. The predicted octanol–water partition coefficient (Wildman–Crippen LogP) is 1.83. The molecule has 0 amide bonds. The number of pyridine rings is 1. The van der Waals surface area contributed by atoms with E-state index in [1.54, 1.807) is 6.20 Å². The van der Waals surface area contributed by atoms with E-state index in [1.165, 1.54) is 21.6 Å². The molecule has 1 atom stereocenters. The highest BCUT2D eigenvalue weighted by atomic mass is 33.1. The van der Waals surface area contributed by atoms with Crippen LogP contribution in [0.5, 0.6) is 0 Å². The summed E-state index contributed by atoms with van der Waals surface area (Å²) in [5.74, 6) is -0.330. The topological polar surface area (TPSA) is 76.3 Å². The molecule has 1 aliphatic rings. The lowest BCUT2D eigenvalue weighted by Crippen LogP contribution is -2.29. The zero-order valence-electron chi connectivity index (χ0n) is 10.6. The second-order valence-electron chi connectivity index (χ2n) is 4.02. The van der Waals surface area contributed by atoms with Gasteiger partial charge in [-0.2, -0.15) is 0 Å². The number of rotatable bonds is 6. The van der Waals surface area contributed by atoms with E-state index in [2.05, 4.69) is 4.98 Å². The summed E-state index contributed by atoms with van der Waals surface area (Å²) >= 11 is 0. The molecular formula is C12H13N2O4S2+. The summed E-state index contributed by atoms with van der Waals surface area (Å²) in [6.45, 7) is 0.0983. The fourth-order valence-electron chi connectivity index (χ4n) is 1.55. The number of nitrogens with zero attached hydrogens (tertiary/aromatic N) is 2. The standard InChI is InChI=1S/C12H13N2O4S2/c15-9-4-7-14(17)12(9)18-11(16)5-8-19-20-10-3-1-2-6-13-10/h1-3,6,12H,4-5,7-8H2/q+1. The number of aromatic nitrogens is 1. The van der Waals surface area contributed by atoms with Crippen LogP contribution in [0.1, 0.15) is 12.8 Å². The van der Waals surface area contributed by atoms with E-state index in [1.807, 2.05) is 18.2 Å². The van der Waals surface area contributed by atoms with Crippen LogP contribution in [0.15, 0.2) is 29.4 Å². The Balaban J connectivity index is 1.65. The quantitative estimate of drug-likeness (QED) is 0.343. The SMILES string of the molecule is O=C(CCSSc1ccccn1)OC1C(=O)CC[N+]1=O. The summed E-state index contributed by atoms with van der Waals surface area (Å²) in [4.78, 5) is 38.2. The summed E-state index contributed by atoms with van der Waals surface area (Å²) in [5, 5.41) is 0.863. The smallest absolute Gasteiger partial charge is 0.393 e. The fourth-order valence-corrected chi connectivity index (χ4v) is 3.40. The largest absolute Gasteiger partial charge is 0.405 e. The van der Waals surface area contributed by atoms with E-state index in [-0.39, 0.29) is 25.2 Å². The number of nitroso groups, excluding NO2 is 1. The molecule has 6 nitrogen and oxygen atoms in total. The zero-order valence-corrected chi connectivity index (χ0v) is 12.2. The lowest BCUT2D eigenvalue weighted by atomic mass is 10.3. The number of carbonyl (C=O) groups excluding carboxylic acids is 2. The molecule has 1 aromatic heterocycles. The van der Waals surface area contributed by atoms with Gasteiger partial charge in [-0.3, -0.25) is 9.59 Å². The Morgan fingerprint density at radius 2 is 2.35 bits per heavy atom. The van der Waals surface area contributed by atoms with Crippen LogP contribution < -0.4 is 0 Å². The molecule has 1 fully saturated rings. The first-order valence-electron chi connectivity index (χ1n) is 6.03. The van der Waals surface area contributed by atoms with Gasteiger partial charge < -0.3 is 4.74 Å². The monoisotopic (exact) mass is 313 g/mol. The Morgan fingerprint density at radius 1 is 1.50 bits per heavy atom. The molecule has 0 N–H and O–H groups in total. The van der Waals surface area contributed by atoms with E-state index in [0.29, 0.717) is 10.5 Å². The first-order valence-corrected chi connectivity index (χ1v) is 8.35. The van der Waals surface area contributed by atoms with Crippen LogP contribution >= 0.6 is 21.6 Å². The minimum Gasteiger partial charge on any atom is -0.393 e. The van der Waals surface area contributed by atoms with E-state index in [0.717, 1.165) is 5.03 Å². The molecule has 0 spiro atoms. The van der Waals surface area contributed by atoms with Crippen molar-refractivity contribution in [2.75, 3.05) is 12.3 Å². The van der Waals surface area contributed by atoms with Crippen molar-refractivity contribution in [3.63, 3.8) is 0 Å². The van der Waals surface area contributed by atoms with Crippen LogP contribution in [0.2, 0.25) is 0 Å². The molecule has 0 saturated carbocycles. The molecule has 1 aromatic rings. The molecule has 0 bridgehead atoms. The van der Waals surface area contributed by atoms with Gasteiger partial charge in [0.1, 0.15) is 5.03 Å². The minimum absolute atomic E-state index is 0.0983. The van der Waals surface area contributed by atoms with Gasteiger partial charge in [-0.05, 0) is 22.9 Å². The number of esters is 1. The van der Waals surface area contributed by atoms with Crippen LogP contribution in [0.3, 0.4) is 0 Å². The van der Waals surface area contributed by atoms with Crippen molar-refractivity contribution in [3.05, 3.63) is 29.3 Å². The molecule has 1 saturated heterocycles. The van der Waals surface area contributed by atoms with Gasteiger partial charge in [0.15, 0.2) is 0 Å². The van der Waals surface area contributed by atoms with Crippen molar-refractivity contribution in [3.8, 4) is 0 Å². The number of carbonyl (C=O) groups is 2. The summed E-state index contributed by atoms with van der Waals surface area (Å²) in [7, 11) is 2.94. The van der Waals surface area contributed by atoms with Gasteiger partial charge in [0, 0.05) is 21.6 Å². The van der Waals surface area contributed by atoms with E-state index >= 15 is 0 Å². The molecule has 20 heavy (non-hydrogen) atoms. The summed E-state index contributed by atoms with van der Waals surface area (Å²) in [5.41, 5.74) is 0. The van der Waals surface area contributed by atoms with Gasteiger partial charge in [0.05, 0.1) is 12.8 Å². The molecule has 0 radical (unpaired) electrons. The Morgan fingerprint density at radius 3 is 3.00 bits per heavy atom. The second-order valence-corrected chi connectivity index (χ2v) is 6.46. The molecular weight excluding hydrogens is 300 g/mol. The third kappa shape index (κ3) is 4.31. The van der Waals surface area contributed by atoms with E-state index < -0.39 is 12.2 Å². The van der Waals surface area contributed by atoms with Crippen molar-refractivity contribution >= 4 is 33.3 Å². The number of hydrogen-bond acceptors (Lipinski definition) is 7. The minimum atomic E-state index is -1.24. The van der Waals surface area contributed by atoms with Crippen LogP contribution in [0.4, 0.5) is 0 Å². The third-order valence-corrected chi connectivity index (χ3v) is 4.80. The van der Waals surface area contributed by atoms with Crippen molar-refractivity contribution in [1.82, 2.24) is 4.98 Å². The molecule has 2 heterocycles. The molecule has 0 aromatic carbocycles. The lowest BCUT2D eigenvalue weighted by molar-refractivity contribution is -0.594. The number of Topliss-reactive ketones (excluding diaryl/α,β-unsaturated/α-hetero) is 1. The Bertz CT molecular complexity index is 493. The highest BCUT2D eigenvalue weighted by Crippen LogP contribution is 2.29. The van der Waals surface area contributed by atoms with Crippen molar-refractivity contribution in [2.24, 2.45) is 0 Å². The average Bonchev–Trinajstić information content (AvgIpc) is 2.77. The maximum Gasteiger partial charge on any atom is 0.405 e. The van der Waals surface area contributed by atoms with Gasteiger partial charge >= 0.3 is 12.2 Å². The van der Waals surface area contributed by atoms with Gasteiger partial charge in [0.25, 0.3) is 5.78 Å². The van der Waals surface area contributed by atoms with Crippen LogP contribution in [-0.2, 0) is 14.3 Å². The third-order valence-electron chi connectivity index (χ3n) is 2.53. The maximum absolute atomic E-state index is 11.5. The molecule has 106 valence electrons. The highest BCUT2D eigenvalue weighted by molar-refractivity contribution is 8.76. The summed E-state index contributed by atoms with van der Waals surface area (Å²) < 4.78 is 5.38. The first-order chi connectivity index (χ1) is 9.66. The van der Waals surface area contributed by atoms with Crippen LogP contribution in [0, 0.1) is 4.91 Å². The fraction of sp³-hybridized carbons (Fsp3) is 0.417. The first kappa shape index (κ1) is 15.0. The normalized spacial score (nSPS) is 18.3. The number of ether oxygens (including phenoxy) is 1. The lowest BCUT2D eigenvalue weighted by Gasteiger charge is -2.04. The average molecular weight is 313 g/mol. The molecule has 8 heteroatoms. The second kappa shape index (κ2) is 7.39. The van der Waals surface area contributed by atoms with Crippen molar-refractivity contribution in [1.29, 1.82) is 0 Å². The zero-order chi connectivity index (χ0) is 14.4. The molecule has 1 aliphatic heterocycles. The van der Waals surface area contributed by atoms with Crippen molar-refractivity contribution < 1.29 is 19.1 Å². The van der Waals surface area contributed by atoms with E-state index in [9.17, 15) is 14.5 Å². The van der Waals surface area contributed by atoms with Gasteiger partial charge in [-0.1, -0.05) is 16.9 Å². The van der Waals surface area contributed by atoms with Gasteiger partial charge in [-0.15, -0.1) is 0 Å². The molecule has 0 aliphatic carbocycles. The van der Waals surface area contributed by atoms with E-state index in [4.69, 9.17) is 4.74 Å². The predicted molar refractivity (Wildman–Crippen MR) is 75.2 cm³/mol. The molecule has 1 unspecified atom stereocenters. The van der Waals surface area contributed by atoms with Crippen LogP contribution in [-0.4, -0.2) is 40.0 Å². The maximum atomic E-state index is 11.5. The summed E-state index contributed by atoms with van der Waals surface area (Å²) in [6, 6.07) is 5.60. The van der Waals surface area contributed by atoms with Crippen molar-refractivity contribution in [2.45, 2.75) is 24.1 Å². The Kier molecular flexibility index (Phi) is 5.54. The highest BCUT2D eigenvalue weighted by Gasteiger charge is 2.43. The summed E-state index contributed by atoms with van der Waals surface area (Å²) in [6.07, 6.45) is 0.760. The van der Waals surface area contributed by atoms with Crippen LogP contribution in [0.25, 0.3) is 0 Å².